The Morgan fingerprint density at radius 2 is 2.27 bits per heavy atom. The van der Waals surface area contributed by atoms with Crippen LogP contribution in [0.4, 0.5) is 0 Å². The quantitative estimate of drug-likeness (QED) is 0.744. The molecule has 2 atom stereocenters. The first kappa shape index (κ1) is 19.0. The lowest BCUT2D eigenvalue weighted by Gasteiger charge is -2.29. The van der Waals surface area contributed by atoms with Crippen molar-refractivity contribution in [1.29, 1.82) is 0 Å². The molecule has 2 heterocycles. The third kappa shape index (κ3) is 4.15. The smallest absolute Gasteiger partial charge is 0.330 e. The molecule has 1 N–H and O–H groups in total. The molecule has 140 valence electrons. The van der Waals surface area contributed by atoms with E-state index in [1.54, 1.807) is 22.7 Å². The van der Waals surface area contributed by atoms with Gasteiger partial charge in [-0.1, -0.05) is 23.7 Å². The van der Waals surface area contributed by atoms with Gasteiger partial charge in [-0.2, -0.15) is 0 Å². The van der Waals surface area contributed by atoms with Crippen molar-refractivity contribution in [2.75, 3.05) is 18.9 Å². The number of carbonyl (C=O) groups excluding carboxylic acids is 3. The molecule has 26 heavy (non-hydrogen) atoms. The van der Waals surface area contributed by atoms with Crippen molar-refractivity contribution >= 4 is 41.1 Å². The fraction of sp³-hybridized carbons (Fsp3) is 0.500. The van der Waals surface area contributed by atoms with E-state index in [9.17, 15) is 14.4 Å². The number of esters is 1. The molecule has 0 aliphatic carbocycles. The van der Waals surface area contributed by atoms with E-state index in [-0.39, 0.29) is 23.3 Å². The highest BCUT2D eigenvalue weighted by Gasteiger charge is 2.53. The van der Waals surface area contributed by atoms with Gasteiger partial charge >= 0.3 is 5.97 Å². The van der Waals surface area contributed by atoms with Gasteiger partial charge in [-0.25, -0.2) is 4.79 Å². The molecule has 6 nitrogen and oxygen atoms in total. The molecule has 2 saturated heterocycles. The van der Waals surface area contributed by atoms with Crippen LogP contribution in [0, 0.1) is 0 Å². The fourth-order valence-electron chi connectivity index (χ4n) is 3.32. The number of hydrogen-bond donors (Lipinski definition) is 1. The van der Waals surface area contributed by atoms with Crippen molar-refractivity contribution < 1.29 is 19.1 Å². The Balaban J connectivity index is 1.42. The van der Waals surface area contributed by atoms with E-state index in [0.29, 0.717) is 30.2 Å². The van der Waals surface area contributed by atoms with Crippen LogP contribution in [-0.2, 0) is 25.5 Å². The normalized spacial score (nSPS) is 24.5. The van der Waals surface area contributed by atoms with Crippen LogP contribution in [0.15, 0.2) is 24.3 Å². The Hall–Kier alpha value is -1.73. The van der Waals surface area contributed by atoms with Gasteiger partial charge in [-0.05, 0) is 37.5 Å². The summed E-state index contributed by atoms with van der Waals surface area (Å²) in [5.74, 6) is -0.384. The minimum Gasteiger partial charge on any atom is -0.454 e. The van der Waals surface area contributed by atoms with Gasteiger partial charge in [-0.15, -0.1) is 11.8 Å². The van der Waals surface area contributed by atoms with Crippen LogP contribution < -0.4 is 5.32 Å². The number of rotatable bonds is 6. The maximum Gasteiger partial charge on any atom is 0.330 e. The number of thioether (sulfide) groups is 1. The molecule has 0 saturated carbocycles. The zero-order valence-corrected chi connectivity index (χ0v) is 16.1. The van der Waals surface area contributed by atoms with Gasteiger partial charge in [0, 0.05) is 23.7 Å². The second-order valence-corrected chi connectivity index (χ2v) is 8.54. The average molecular weight is 397 g/mol. The lowest BCUT2D eigenvalue weighted by molar-refractivity contribution is -0.156. The third-order valence-electron chi connectivity index (χ3n) is 4.69. The molecule has 0 aromatic heterocycles. The van der Waals surface area contributed by atoms with Crippen LogP contribution in [0.3, 0.4) is 0 Å². The minimum absolute atomic E-state index is 0.0228. The fourth-order valence-corrected chi connectivity index (χ4v) is 4.95. The second kappa shape index (κ2) is 7.88. The molecule has 0 bridgehead atoms. The lowest BCUT2D eigenvalue weighted by Crippen LogP contribution is -2.47. The van der Waals surface area contributed by atoms with Gasteiger partial charge in [0.1, 0.15) is 6.04 Å². The molecule has 8 heteroatoms. The highest BCUT2D eigenvalue weighted by Crippen LogP contribution is 2.47. The van der Waals surface area contributed by atoms with Crippen LogP contribution in [-0.4, -0.2) is 52.5 Å². The van der Waals surface area contributed by atoms with Gasteiger partial charge in [0.15, 0.2) is 6.61 Å². The predicted molar refractivity (Wildman–Crippen MR) is 99.9 cm³/mol. The average Bonchev–Trinajstić information content (AvgIpc) is 3.09. The van der Waals surface area contributed by atoms with E-state index < -0.39 is 12.0 Å². The summed E-state index contributed by atoms with van der Waals surface area (Å²) in [5.41, 5.74) is 1.02. The summed E-state index contributed by atoms with van der Waals surface area (Å²) in [7, 11) is 0. The van der Waals surface area contributed by atoms with E-state index in [2.05, 4.69) is 5.32 Å². The molecule has 1 aromatic carbocycles. The number of nitrogens with zero attached hydrogens (tertiary/aromatic N) is 1. The zero-order chi connectivity index (χ0) is 18.7. The third-order valence-corrected chi connectivity index (χ3v) is 6.43. The van der Waals surface area contributed by atoms with Crippen LogP contribution in [0.1, 0.15) is 25.3 Å². The van der Waals surface area contributed by atoms with Crippen LogP contribution in [0.25, 0.3) is 0 Å². The van der Waals surface area contributed by atoms with Gasteiger partial charge in [0.05, 0.1) is 4.87 Å². The Morgan fingerprint density at radius 3 is 3.04 bits per heavy atom. The first-order valence-corrected chi connectivity index (χ1v) is 9.89. The number of benzene rings is 1. The van der Waals surface area contributed by atoms with E-state index in [1.807, 2.05) is 25.1 Å². The number of ether oxygens (including phenoxy) is 1. The molecule has 3 rings (SSSR count). The van der Waals surface area contributed by atoms with Crippen LogP contribution >= 0.6 is 23.4 Å². The van der Waals surface area contributed by atoms with Gasteiger partial charge in [0.25, 0.3) is 5.91 Å². The SMILES string of the molecule is C[C@@]12CCC(=O)N1[C@@H](C(=O)OCC(=O)NCCc1cccc(Cl)c1)CS2. The van der Waals surface area contributed by atoms with Crippen molar-refractivity contribution in [2.24, 2.45) is 0 Å². The summed E-state index contributed by atoms with van der Waals surface area (Å²) in [4.78, 5) is 37.5. The van der Waals surface area contributed by atoms with Crippen molar-refractivity contribution in [3.05, 3.63) is 34.9 Å². The Kier molecular flexibility index (Phi) is 5.77. The summed E-state index contributed by atoms with van der Waals surface area (Å²) in [6.07, 6.45) is 1.84. The maximum atomic E-state index is 12.3. The molecule has 2 aliphatic rings. The number of amides is 2. The molecule has 0 radical (unpaired) electrons. The molecular formula is C18H21ClN2O4S. The van der Waals surface area contributed by atoms with E-state index in [0.717, 1.165) is 12.0 Å². The monoisotopic (exact) mass is 396 g/mol. The topological polar surface area (TPSA) is 75.7 Å². The first-order chi connectivity index (χ1) is 12.4. The summed E-state index contributed by atoms with van der Waals surface area (Å²) >= 11 is 7.51. The Labute approximate surface area is 161 Å². The number of halogens is 1. The van der Waals surface area contributed by atoms with E-state index in [1.165, 1.54) is 0 Å². The lowest BCUT2D eigenvalue weighted by atomic mass is 10.1. The highest BCUT2D eigenvalue weighted by atomic mass is 35.5. The molecule has 2 amide bonds. The van der Waals surface area contributed by atoms with E-state index >= 15 is 0 Å². The first-order valence-electron chi connectivity index (χ1n) is 8.53. The number of nitrogens with one attached hydrogen (secondary N) is 1. The molecule has 2 aliphatic heterocycles. The number of fused-ring (bicyclic) bond motifs is 1. The standard InChI is InChI=1S/C18H21ClN2O4S/c1-18-7-5-16(23)21(18)14(11-26-18)17(24)25-10-15(22)20-8-6-12-3-2-4-13(19)9-12/h2-4,9,14H,5-8,10-11H2,1H3,(H,20,22)/t14-,18-/m1/s1. The van der Waals surface area contributed by atoms with Gasteiger partial charge in [-0.3, -0.25) is 9.59 Å². The zero-order valence-electron chi connectivity index (χ0n) is 14.5. The van der Waals surface area contributed by atoms with Crippen molar-refractivity contribution in [3.8, 4) is 0 Å². The van der Waals surface area contributed by atoms with Gasteiger partial charge in [0.2, 0.25) is 5.91 Å². The molecular weight excluding hydrogens is 376 g/mol. The highest BCUT2D eigenvalue weighted by molar-refractivity contribution is 8.01. The predicted octanol–water partition coefficient (Wildman–Crippen LogP) is 2.00. The molecule has 1 aromatic rings. The van der Waals surface area contributed by atoms with Crippen molar-refractivity contribution in [1.82, 2.24) is 10.2 Å². The minimum atomic E-state index is -0.598. The Morgan fingerprint density at radius 1 is 1.46 bits per heavy atom. The summed E-state index contributed by atoms with van der Waals surface area (Å²) in [5, 5.41) is 3.37. The summed E-state index contributed by atoms with van der Waals surface area (Å²) in [6.45, 7) is 2.06. The summed E-state index contributed by atoms with van der Waals surface area (Å²) < 4.78 is 5.13. The summed E-state index contributed by atoms with van der Waals surface area (Å²) in [6, 6.07) is 6.82. The number of carbonyl (C=O) groups is 3. The largest absolute Gasteiger partial charge is 0.454 e. The van der Waals surface area contributed by atoms with Crippen molar-refractivity contribution in [3.63, 3.8) is 0 Å². The van der Waals surface area contributed by atoms with Crippen molar-refractivity contribution in [2.45, 2.75) is 37.1 Å². The Bertz CT molecular complexity index is 729. The van der Waals surface area contributed by atoms with E-state index in [4.69, 9.17) is 16.3 Å². The number of hydrogen-bond acceptors (Lipinski definition) is 5. The van der Waals surface area contributed by atoms with Crippen LogP contribution in [0.2, 0.25) is 5.02 Å². The molecule has 0 unspecified atom stereocenters. The maximum absolute atomic E-state index is 12.3. The van der Waals surface area contributed by atoms with Crippen LogP contribution in [0.5, 0.6) is 0 Å². The second-order valence-electron chi connectivity index (χ2n) is 6.60. The molecule has 0 spiro atoms. The molecule has 2 fully saturated rings. The van der Waals surface area contributed by atoms with Gasteiger partial charge < -0.3 is 15.0 Å².